The fourth-order valence-corrected chi connectivity index (χ4v) is 2.79. The van der Waals surface area contributed by atoms with Crippen LogP contribution in [0, 0.1) is 6.92 Å². The number of methoxy groups -OCH3 is 1. The lowest BCUT2D eigenvalue weighted by Crippen LogP contribution is -2.09. The molecule has 3 rings (SSSR count). The normalized spacial score (nSPS) is 11.5. The van der Waals surface area contributed by atoms with Crippen molar-refractivity contribution in [3.05, 3.63) is 71.9 Å². The van der Waals surface area contributed by atoms with Gasteiger partial charge in [0.15, 0.2) is 0 Å². The molecule has 0 amide bonds. The van der Waals surface area contributed by atoms with Crippen molar-refractivity contribution in [1.82, 2.24) is 4.57 Å². The van der Waals surface area contributed by atoms with Crippen LogP contribution < -0.4 is 4.74 Å². The Kier molecular flexibility index (Phi) is 4.09. The minimum absolute atomic E-state index is 0.154. The maximum Gasteiger partial charge on any atom is 0.417 e. The van der Waals surface area contributed by atoms with Gasteiger partial charge in [0, 0.05) is 23.0 Å². The highest BCUT2D eigenvalue weighted by Crippen LogP contribution is 2.38. The summed E-state index contributed by atoms with van der Waals surface area (Å²) in [5.74, 6) is 0.649. The molecule has 0 atom stereocenters. The third-order valence-corrected chi connectivity index (χ3v) is 3.90. The second-order valence-corrected chi connectivity index (χ2v) is 5.44. The molecule has 2 aromatic carbocycles. The van der Waals surface area contributed by atoms with Crippen molar-refractivity contribution in [2.24, 2.45) is 0 Å². The molecule has 24 heavy (non-hydrogen) atoms. The van der Waals surface area contributed by atoms with Gasteiger partial charge in [-0.3, -0.25) is 0 Å². The molecule has 5 heteroatoms. The molecule has 3 aromatic rings. The third kappa shape index (κ3) is 2.89. The average molecular weight is 331 g/mol. The van der Waals surface area contributed by atoms with Crippen molar-refractivity contribution in [3.63, 3.8) is 0 Å². The van der Waals surface area contributed by atoms with E-state index in [2.05, 4.69) is 0 Å². The Balaban J connectivity index is 2.23. The van der Waals surface area contributed by atoms with Crippen LogP contribution in [0.25, 0.3) is 16.9 Å². The SMILES string of the molecule is COc1cccc(-n2c(C)ccc2-c2ccccc2C(F)(F)F)c1. The van der Waals surface area contributed by atoms with Crippen LogP contribution in [0.4, 0.5) is 13.2 Å². The van der Waals surface area contributed by atoms with Crippen LogP contribution in [0.2, 0.25) is 0 Å². The van der Waals surface area contributed by atoms with E-state index in [9.17, 15) is 13.2 Å². The second kappa shape index (κ2) is 6.07. The molecule has 0 aliphatic rings. The summed E-state index contributed by atoms with van der Waals surface area (Å²) in [7, 11) is 1.56. The van der Waals surface area contributed by atoms with Crippen LogP contribution in [-0.4, -0.2) is 11.7 Å². The number of rotatable bonds is 3. The van der Waals surface area contributed by atoms with Crippen LogP contribution >= 0.6 is 0 Å². The van der Waals surface area contributed by atoms with E-state index in [0.29, 0.717) is 11.4 Å². The quantitative estimate of drug-likeness (QED) is 0.620. The van der Waals surface area contributed by atoms with Crippen molar-refractivity contribution in [3.8, 4) is 22.7 Å². The molecule has 0 aliphatic heterocycles. The van der Waals surface area contributed by atoms with Crippen molar-refractivity contribution < 1.29 is 17.9 Å². The van der Waals surface area contributed by atoms with Crippen LogP contribution in [0.3, 0.4) is 0 Å². The number of ether oxygens (including phenoxy) is 1. The number of hydrogen-bond donors (Lipinski definition) is 0. The summed E-state index contributed by atoms with van der Waals surface area (Å²) >= 11 is 0. The Morgan fingerprint density at radius 3 is 2.38 bits per heavy atom. The maximum atomic E-state index is 13.4. The van der Waals surface area contributed by atoms with E-state index in [1.54, 1.807) is 35.9 Å². The van der Waals surface area contributed by atoms with Crippen molar-refractivity contribution in [2.45, 2.75) is 13.1 Å². The first-order valence-corrected chi connectivity index (χ1v) is 7.41. The summed E-state index contributed by atoms with van der Waals surface area (Å²) < 4.78 is 47.1. The molecule has 0 aliphatic carbocycles. The molecule has 0 bridgehead atoms. The Labute approximate surface area is 138 Å². The first-order chi connectivity index (χ1) is 11.4. The molecule has 124 valence electrons. The van der Waals surface area contributed by atoms with Gasteiger partial charge < -0.3 is 9.30 Å². The smallest absolute Gasteiger partial charge is 0.417 e. The summed E-state index contributed by atoms with van der Waals surface area (Å²) in [4.78, 5) is 0. The van der Waals surface area contributed by atoms with E-state index >= 15 is 0 Å². The van der Waals surface area contributed by atoms with E-state index in [-0.39, 0.29) is 5.56 Å². The standard InChI is InChI=1S/C19H16F3NO/c1-13-10-11-18(16-8-3-4-9-17(16)19(20,21)22)23(13)14-6-5-7-15(12-14)24-2/h3-12H,1-2H3. The summed E-state index contributed by atoms with van der Waals surface area (Å²) in [5.41, 5.74) is 1.60. The summed E-state index contributed by atoms with van der Waals surface area (Å²) in [6, 6.07) is 16.4. The third-order valence-electron chi connectivity index (χ3n) is 3.90. The molecule has 0 N–H and O–H groups in total. The Morgan fingerprint density at radius 2 is 1.67 bits per heavy atom. The lowest BCUT2D eigenvalue weighted by atomic mass is 10.0. The van der Waals surface area contributed by atoms with E-state index in [1.807, 2.05) is 25.1 Å². The molecule has 0 unspecified atom stereocenters. The number of benzene rings is 2. The van der Waals surface area contributed by atoms with Crippen molar-refractivity contribution >= 4 is 0 Å². The molecular weight excluding hydrogens is 315 g/mol. The highest BCUT2D eigenvalue weighted by Gasteiger charge is 2.34. The van der Waals surface area contributed by atoms with Gasteiger partial charge in [0.1, 0.15) is 5.75 Å². The minimum Gasteiger partial charge on any atom is -0.497 e. The van der Waals surface area contributed by atoms with Crippen molar-refractivity contribution in [1.29, 1.82) is 0 Å². The number of aryl methyl sites for hydroxylation is 1. The van der Waals surface area contributed by atoms with Gasteiger partial charge >= 0.3 is 6.18 Å². The molecule has 1 aromatic heterocycles. The summed E-state index contributed by atoms with van der Waals surface area (Å²) in [5, 5.41) is 0. The highest BCUT2D eigenvalue weighted by atomic mass is 19.4. The first-order valence-electron chi connectivity index (χ1n) is 7.41. The van der Waals surface area contributed by atoms with Crippen LogP contribution in [-0.2, 0) is 6.18 Å². The number of alkyl halides is 3. The second-order valence-electron chi connectivity index (χ2n) is 5.44. The van der Waals surface area contributed by atoms with Gasteiger partial charge in [0.25, 0.3) is 0 Å². The number of halogens is 3. The number of aromatic nitrogens is 1. The monoisotopic (exact) mass is 331 g/mol. The lowest BCUT2D eigenvalue weighted by molar-refractivity contribution is -0.137. The predicted molar refractivity (Wildman–Crippen MR) is 87.5 cm³/mol. The van der Waals surface area contributed by atoms with Crippen LogP contribution in [0.1, 0.15) is 11.3 Å². The zero-order chi connectivity index (χ0) is 17.3. The highest BCUT2D eigenvalue weighted by molar-refractivity contribution is 5.68. The Bertz CT molecular complexity index is 865. The van der Waals surface area contributed by atoms with Crippen molar-refractivity contribution in [2.75, 3.05) is 7.11 Å². The van der Waals surface area contributed by atoms with Gasteiger partial charge in [0.2, 0.25) is 0 Å². The van der Waals surface area contributed by atoms with Crippen LogP contribution in [0.15, 0.2) is 60.7 Å². The molecule has 0 spiro atoms. The number of hydrogen-bond acceptors (Lipinski definition) is 1. The zero-order valence-corrected chi connectivity index (χ0v) is 13.3. The van der Waals surface area contributed by atoms with Gasteiger partial charge in [-0.25, -0.2) is 0 Å². The van der Waals surface area contributed by atoms with E-state index < -0.39 is 11.7 Å². The van der Waals surface area contributed by atoms with Gasteiger partial charge in [-0.05, 0) is 37.3 Å². The molecule has 0 radical (unpaired) electrons. The van der Waals surface area contributed by atoms with E-state index in [1.165, 1.54) is 12.1 Å². The molecule has 2 nitrogen and oxygen atoms in total. The van der Waals surface area contributed by atoms with Gasteiger partial charge in [0.05, 0.1) is 18.4 Å². The molecule has 0 fully saturated rings. The summed E-state index contributed by atoms with van der Waals surface area (Å²) in [6.07, 6.45) is -4.41. The molecule has 0 saturated heterocycles. The van der Waals surface area contributed by atoms with Crippen LogP contribution in [0.5, 0.6) is 5.75 Å². The fraction of sp³-hybridized carbons (Fsp3) is 0.158. The van der Waals surface area contributed by atoms with Gasteiger partial charge in [-0.15, -0.1) is 0 Å². The molecule has 1 heterocycles. The lowest BCUT2D eigenvalue weighted by Gasteiger charge is -2.17. The Morgan fingerprint density at radius 1 is 0.917 bits per heavy atom. The largest absolute Gasteiger partial charge is 0.497 e. The minimum atomic E-state index is -4.41. The zero-order valence-electron chi connectivity index (χ0n) is 13.3. The average Bonchev–Trinajstić information content (AvgIpc) is 2.95. The van der Waals surface area contributed by atoms with Gasteiger partial charge in [-0.2, -0.15) is 13.2 Å². The maximum absolute atomic E-state index is 13.4. The molecule has 0 saturated carbocycles. The fourth-order valence-electron chi connectivity index (χ4n) is 2.79. The number of nitrogens with zero attached hydrogens (tertiary/aromatic N) is 1. The topological polar surface area (TPSA) is 14.2 Å². The Hall–Kier alpha value is -2.69. The predicted octanol–water partition coefficient (Wildman–Crippen LogP) is 5.48. The molecular formula is C19H16F3NO. The van der Waals surface area contributed by atoms with E-state index in [0.717, 1.165) is 17.4 Å². The van der Waals surface area contributed by atoms with E-state index in [4.69, 9.17) is 4.74 Å². The summed E-state index contributed by atoms with van der Waals surface area (Å²) in [6.45, 7) is 1.86. The first kappa shape index (κ1) is 16.2. The van der Waals surface area contributed by atoms with Gasteiger partial charge in [-0.1, -0.05) is 24.3 Å².